The van der Waals surface area contributed by atoms with Crippen molar-refractivity contribution >= 4 is 21.4 Å². The van der Waals surface area contributed by atoms with Crippen LogP contribution in [-0.2, 0) is 0 Å². The first-order valence-corrected chi connectivity index (χ1v) is 7.48. The maximum absolute atomic E-state index is 13.2. The van der Waals surface area contributed by atoms with Crippen molar-refractivity contribution in [3.8, 4) is 0 Å². The Kier molecular flexibility index (Phi) is 4.72. The number of hydrogen-bond acceptors (Lipinski definition) is 2. The Morgan fingerprint density at radius 3 is 2.83 bits per heavy atom. The molecule has 0 aliphatic carbocycles. The highest BCUT2D eigenvalue weighted by Crippen LogP contribution is 2.32. The lowest BCUT2D eigenvalue weighted by atomic mass is 10.1. The molecule has 0 bridgehead atoms. The minimum Gasteiger partial charge on any atom is -0.310 e. The van der Waals surface area contributed by atoms with Gasteiger partial charge in [-0.25, -0.2) is 4.39 Å². The maximum Gasteiger partial charge on any atom is 0.123 e. The van der Waals surface area contributed by atoms with Gasteiger partial charge in [-0.05, 0) is 42.6 Å². The van der Waals surface area contributed by atoms with E-state index in [1.165, 1.54) is 28.5 Å². The summed E-state index contributed by atoms with van der Waals surface area (Å²) in [5, 5.41) is 4.55. The van der Waals surface area contributed by atoms with E-state index in [1.54, 1.807) is 17.4 Å². The second kappa shape index (κ2) is 6.30. The van der Waals surface area contributed by atoms with Crippen LogP contribution in [0.15, 0.2) is 24.3 Å². The summed E-state index contributed by atoms with van der Waals surface area (Å²) in [5.74, 6) is -0.152. The summed E-state index contributed by atoms with van der Waals surface area (Å²) in [6.07, 6.45) is 3.58. The average molecular weight is 265 g/mol. The van der Waals surface area contributed by atoms with Gasteiger partial charge in [0, 0.05) is 15.6 Å². The quantitative estimate of drug-likeness (QED) is 0.784. The topological polar surface area (TPSA) is 12.0 Å². The summed E-state index contributed by atoms with van der Waals surface area (Å²) in [4.78, 5) is 1.32. The van der Waals surface area contributed by atoms with Gasteiger partial charge < -0.3 is 5.32 Å². The second-order valence-electron chi connectivity index (χ2n) is 4.58. The zero-order valence-corrected chi connectivity index (χ0v) is 11.8. The molecule has 1 aromatic carbocycles. The average Bonchev–Trinajstić information content (AvgIpc) is 2.77. The number of benzene rings is 1. The Bertz CT molecular complexity index is 506. The number of nitrogens with one attached hydrogen (secondary N) is 1. The molecule has 0 spiro atoms. The molecule has 0 saturated heterocycles. The van der Waals surface area contributed by atoms with Gasteiger partial charge in [-0.1, -0.05) is 26.7 Å². The van der Waals surface area contributed by atoms with Gasteiger partial charge in [-0.2, -0.15) is 0 Å². The maximum atomic E-state index is 13.2. The lowest BCUT2D eigenvalue weighted by molar-refractivity contribution is 0.501. The van der Waals surface area contributed by atoms with Crippen LogP contribution in [0.25, 0.3) is 10.1 Å². The SMILES string of the molecule is CCCCC(NCC)c1cc2cc(F)ccc2s1. The van der Waals surface area contributed by atoms with E-state index in [0.717, 1.165) is 18.4 Å². The first-order chi connectivity index (χ1) is 8.74. The van der Waals surface area contributed by atoms with Crippen LogP contribution in [0.1, 0.15) is 44.0 Å². The van der Waals surface area contributed by atoms with Crippen molar-refractivity contribution in [3.63, 3.8) is 0 Å². The minimum atomic E-state index is -0.152. The first kappa shape index (κ1) is 13.5. The summed E-state index contributed by atoms with van der Waals surface area (Å²) in [6.45, 7) is 5.31. The summed E-state index contributed by atoms with van der Waals surface area (Å²) >= 11 is 1.78. The molecule has 0 saturated carbocycles. The van der Waals surface area contributed by atoms with Crippen molar-refractivity contribution < 1.29 is 4.39 Å². The summed E-state index contributed by atoms with van der Waals surface area (Å²) in [6, 6.07) is 7.58. The molecule has 1 heterocycles. The van der Waals surface area contributed by atoms with Crippen molar-refractivity contribution in [2.45, 2.75) is 39.2 Å². The summed E-state index contributed by atoms with van der Waals surface area (Å²) in [5.41, 5.74) is 0. The lowest BCUT2D eigenvalue weighted by Crippen LogP contribution is -2.19. The molecule has 1 atom stereocenters. The van der Waals surface area contributed by atoms with Gasteiger partial charge in [0.25, 0.3) is 0 Å². The Labute approximate surface area is 112 Å². The van der Waals surface area contributed by atoms with E-state index in [4.69, 9.17) is 0 Å². The number of thiophene rings is 1. The zero-order valence-electron chi connectivity index (χ0n) is 11.0. The van der Waals surface area contributed by atoms with E-state index in [2.05, 4.69) is 25.2 Å². The van der Waals surface area contributed by atoms with Gasteiger partial charge >= 0.3 is 0 Å². The minimum absolute atomic E-state index is 0.152. The second-order valence-corrected chi connectivity index (χ2v) is 5.70. The molecule has 0 aliphatic heterocycles. The van der Waals surface area contributed by atoms with Crippen LogP contribution in [0.3, 0.4) is 0 Å². The Morgan fingerprint density at radius 1 is 1.28 bits per heavy atom. The third-order valence-corrected chi connectivity index (χ3v) is 4.37. The third kappa shape index (κ3) is 3.09. The lowest BCUT2D eigenvalue weighted by Gasteiger charge is -2.15. The molecule has 98 valence electrons. The normalized spacial score (nSPS) is 13.1. The summed E-state index contributed by atoms with van der Waals surface area (Å²) < 4.78 is 14.4. The fraction of sp³-hybridized carbons (Fsp3) is 0.467. The molecular formula is C15H20FNS. The van der Waals surface area contributed by atoms with Gasteiger partial charge in [0.15, 0.2) is 0 Å². The molecule has 1 N–H and O–H groups in total. The van der Waals surface area contributed by atoms with Crippen LogP contribution in [0, 0.1) is 5.82 Å². The fourth-order valence-corrected chi connectivity index (χ4v) is 3.36. The number of hydrogen-bond donors (Lipinski definition) is 1. The predicted octanol–water partition coefficient (Wildman–Crippen LogP) is 4.88. The zero-order chi connectivity index (χ0) is 13.0. The first-order valence-electron chi connectivity index (χ1n) is 6.67. The molecule has 2 aromatic rings. The molecule has 0 radical (unpaired) electrons. The van der Waals surface area contributed by atoms with Crippen molar-refractivity contribution in [2.24, 2.45) is 0 Å². The predicted molar refractivity (Wildman–Crippen MR) is 77.7 cm³/mol. The molecule has 0 aliphatic rings. The summed E-state index contributed by atoms with van der Waals surface area (Å²) in [7, 11) is 0. The standard InChI is InChI=1S/C15H20FNS/c1-3-5-6-13(17-4-2)15-10-11-9-12(16)7-8-14(11)18-15/h7-10,13,17H,3-6H2,1-2H3. The van der Waals surface area contributed by atoms with Crippen LogP contribution < -0.4 is 5.32 Å². The van der Waals surface area contributed by atoms with Gasteiger partial charge in [-0.15, -0.1) is 11.3 Å². The van der Waals surface area contributed by atoms with E-state index in [9.17, 15) is 4.39 Å². The highest BCUT2D eigenvalue weighted by atomic mass is 32.1. The molecule has 0 fully saturated rings. The molecule has 3 heteroatoms. The number of rotatable bonds is 6. The van der Waals surface area contributed by atoms with E-state index < -0.39 is 0 Å². The van der Waals surface area contributed by atoms with E-state index in [-0.39, 0.29) is 5.82 Å². The van der Waals surface area contributed by atoms with Crippen LogP contribution in [0.4, 0.5) is 4.39 Å². The van der Waals surface area contributed by atoms with Crippen LogP contribution in [-0.4, -0.2) is 6.54 Å². The molecule has 1 nitrogen and oxygen atoms in total. The molecular weight excluding hydrogens is 245 g/mol. The molecule has 2 rings (SSSR count). The number of halogens is 1. The van der Waals surface area contributed by atoms with Gasteiger partial charge in [0.2, 0.25) is 0 Å². The van der Waals surface area contributed by atoms with Crippen LogP contribution in [0.2, 0.25) is 0 Å². The van der Waals surface area contributed by atoms with Crippen LogP contribution >= 0.6 is 11.3 Å². The molecule has 0 amide bonds. The van der Waals surface area contributed by atoms with Crippen molar-refractivity contribution in [1.82, 2.24) is 5.32 Å². The Hall–Kier alpha value is -0.930. The monoisotopic (exact) mass is 265 g/mol. The highest BCUT2D eigenvalue weighted by Gasteiger charge is 2.13. The van der Waals surface area contributed by atoms with Crippen molar-refractivity contribution in [1.29, 1.82) is 0 Å². The van der Waals surface area contributed by atoms with Gasteiger partial charge in [-0.3, -0.25) is 0 Å². The Balaban J connectivity index is 2.26. The van der Waals surface area contributed by atoms with E-state index in [0.29, 0.717) is 6.04 Å². The van der Waals surface area contributed by atoms with Crippen molar-refractivity contribution in [3.05, 3.63) is 35.0 Å². The van der Waals surface area contributed by atoms with Gasteiger partial charge in [0.1, 0.15) is 5.82 Å². The highest BCUT2D eigenvalue weighted by molar-refractivity contribution is 7.19. The third-order valence-electron chi connectivity index (χ3n) is 3.14. The number of fused-ring (bicyclic) bond motifs is 1. The van der Waals surface area contributed by atoms with Crippen LogP contribution in [0.5, 0.6) is 0 Å². The molecule has 18 heavy (non-hydrogen) atoms. The molecule has 1 aromatic heterocycles. The van der Waals surface area contributed by atoms with Crippen molar-refractivity contribution in [2.75, 3.05) is 6.54 Å². The fourth-order valence-electron chi connectivity index (χ4n) is 2.21. The van der Waals surface area contributed by atoms with E-state index in [1.807, 2.05) is 6.07 Å². The number of unbranched alkanes of at least 4 members (excludes halogenated alkanes) is 1. The van der Waals surface area contributed by atoms with Gasteiger partial charge in [0.05, 0.1) is 0 Å². The molecule has 1 unspecified atom stereocenters. The largest absolute Gasteiger partial charge is 0.310 e. The van der Waals surface area contributed by atoms with E-state index >= 15 is 0 Å². The smallest absolute Gasteiger partial charge is 0.123 e. The Morgan fingerprint density at radius 2 is 2.11 bits per heavy atom.